The number of phosphoric acid groups is 1. The Morgan fingerprint density at radius 1 is 1.67 bits per heavy atom. The van der Waals surface area contributed by atoms with Crippen LogP contribution in [-0.4, -0.2) is 32.1 Å². The van der Waals surface area contributed by atoms with Crippen molar-refractivity contribution in [3.05, 3.63) is 0 Å². The van der Waals surface area contributed by atoms with Crippen LogP contribution in [0.25, 0.3) is 0 Å². The van der Waals surface area contributed by atoms with Crippen LogP contribution in [0.3, 0.4) is 0 Å². The lowest BCUT2D eigenvalue weighted by molar-refractivity contribution is 0.170. The van der Waals surface area contributed by atoms with Gasteiger partial charge in [-0.1, -0.05) is 0 Å². The van der Waals surface area contributed by atoms with Crippen LogP contribution in [-0.2, 0) is 9.09 Å². The maximum atomic E-state index is 10.3. The molecule has 1 heterocycles. The van der Waals surface area contributed by atoms with E-state index >= 15 is 0 Å². The first kappa shape index (κ1) is 10.9. The second kappa shape index (κ2) is 4.34. The highest BCUT2D eigenvalue weighted by Crippen LogP contribution is 2.37. The zero-order valence-electron chi connectivity index (χ0n) is 6.39. The second-order valence-electron chi connectivity index (χ2n) is 2.71. The molecule has 2 N–H and O–H groups in total. The third-order valence-electron chi connectivity index (χ3n) is 1.74. The van der Waals surface area contributed by atoms with Gasteiger partial charge < -0.3 is 9.79 Å². The van der Waals surface area contributed by atoms with Crippen LogP contribution < -0.4 is 0 Å². The standard InChI is InChI=1S/C5H11INO4P/c6-7-3-1-2-5(7)4-11-12(8,9)10/h5H,1-4H2,(H2,8,9,10)/t5-/m0/s1. The van der Waals surface area contributed by atoms with Crippen LogP contribution in [0.5, 0.6) is 0 Å². The van der Waals surface area contributed by atoms with Crippen molar-refractivity contribution in [2.45, 2.75) is 18.9 Å². The molecule has 1 rings (SSSR count). The highest BCUT2D eigenvalue weighted by atomic mass is 127. The first-order chi connectivity index (χ1) is 5.49. The van der Waals surface area contributed by atoms with E-state index in [4.69, 9.17) is 9.79 Å². The summed E-state index contributed by atoms with van der Waals surface area (Å²) in [6.07, 6.45) is 2.01. The fourth-order valence-corrected chi connectivity index (χ4v) is 2.29. The molecule has 7 heteroatoms. The molecular weight excluding hydrogens is 296 g/mol. The smallest absolute Gasteiger partial charge is 0.303 e. The van der Waals surface area contributed by atoms with Gasteiger partial charge in [0.1, 0.15) is 0 Å². The van der Waals surface area contributed by atoms with E-state index in [1.165, 1.54) is 0 Å². The van der Waals surface area contributed by atoms with Crippen LogP contribution >= 0.6 is 30.7 Å². The van der Waals surface area contributed by atoms with E-state index in [-0.39, 0.29) is 12.6 Å². The summed E-state index contributed by atoms with van der Waals surface area (Å²) in [7, 11) is -4.27. The van der Waals surface area contributed by atoms with E-state index in [2.05, 4.69) is 27.4 Å². The van der Waals surface area contributed by atoms with Gasteiger partial charge in [0.2, 0.25) is 0 Å². The van der Waals surface area contributed by atoms with E-state index in [0.29, 0.717) is 0 Å². The molecule has 0 bridgehead atoms. The van der Waals surface area contributed by atoms with Crippen molar-refractivity contribution < 1.29 is 18.9 Å². The van der Waals surface area contributed by atoms with Gasteiger partial charge in [0.25, 0.3) is 0 Å². The van der Waals surface area contributed by atoms with Crippen LogP contribution in [0.1, 0.15) is 12.8 Å². The second-order valence-corrected chi connectivity index (χ2v) is 5.18. The van der Waals surface area contributed by atoms with Crippen molar-refractivity contribution >= 4 is 30.7 Å². The lowest BCUT2D eigenvalue weighted by Crippen LogP contribution is -2.24. The van der Waals surface area contributed by atoms with Gasteiger partial charge in [0.05, 0.1) is 6.61 Å². The SMILES string of the molecule is O=P(O)(O)OC[C@@H]1CCCN1I. The number of rotatable bonds is 3. The lowest BCUT2D eigenvalue weighted by atomic mass is 10.2. The largest absolute Gasteiger partial charge is 0.469 e. The highest BCUT2D eigenvalue weighted by Gasteiger charge is 2.25. The zero-order chi connectivity index (χ0) is 9.19. The first-order valence-corrected chi connectivity index (χ1v) is 6.11. The van der Waals surface area contributed by atoms with Crippen LogP contribution in [0.15, 0.2) is 0 Å². The van der Waals surface area contributed by atoms with Crippen molar-refractivity contribution in [1.82, 2.24) is 3.11 Å². The third-order valence-corrected chi connectivity index (χ3v) is 3.50. The Labute approximate surface area is 84.8 Å². The number of hydrogen-bond donors (Lipinski definition) is 2. The topological polar surface area (TPSA) is 70.0 Å². The summed E-state index contributed by atoms with van der Waals surface area (Å²) in [5, 5.41) is 0. The quantitative estimate of drug-likeness (QED) is 0.461. The fraction of sp³-hybridized carbons (Fsp3) is 1.00. The molecule has 0 spiro atoms. The highest BCUT2D eigenvalue weighted by molar-refractivity contribution is 14.1. The van der Waals surface area contributed by atoms with Gasteiger partial charge in [0, 0.05) is 35.5 Å². The monoisotopic (exact) mass is 307 g/mol. The predicted octanol–water partition coefficient (Wildman–Crippen LogP) is 0.910. The Balaban J connectivity index is 2.27. The minimum Gasteiger partial charge on any atom is -0.303 e. The number of hydrogen-bond acceptors (Lipinski definition) is 3. The van der Waals surface area contributed by atoms with Crippen LogP contribution in [0.4, 0.5) is 0 Å². The lowest BCUT2D eigenvalue weighted by Gasteiger charge is -2.16. The molecule has 0 aromatic carbocycles. The van der Waals surface area contributed by atoms with Gasteiger partial charge >= 0.3 is 7.82 Å². The molecule has 0 aromatic rings. The number of phosphoric ester groups is 1. The maximum absolute atomic E-state index is 10.3. The zero-order valence-corrected chi connectivity index (χ0v) is 9.44. The predicted molar refractivity (Wildman–Crippen MR) is 51.7 cm³/mol. The summed E-state index contributed by atoms with van der Waals surface area (Å²) in [6, 6.07) is 0.151. The summed E-state index contributed by atoms with van der Waals surface area (Å²) in [4.78, 5) is 16.9. The summed E-state index contributed by atoms with van der Waals surface area (Å²) in [5.41, 5.74) is 0. The van der Waals surface area contributed by atoms with Gasteiger partial charge in [-0.25, -0.2) is 7.68 Å². The van der Waals surface area contributed by atoms with Crippen LogP contribution in [0, 0.1) is 0 Å². The molecule has 1 saturated heterocycles. The molecule has 1 fully saturated rings. The molecule has 0 aliphatic carbocycles. The molecular formula is C5H11INO4P. The van der Waals surface area contributed by atoms with E-state index in [0.717, 1.165) is 19.4 Å². The maximum Gasteiger partial charge on any atom is 0.469 e. The Hall–Kier alpha value is 0.800. The Morgan fingerprint density at radius 3 is 2.75 bits per heavy atom. The van der Waals surface area contributed by atoms with Crippen molar-refractivity contribution in [1.29, 1.82) is 0 Å². The molecule has 5 nitrogen and oxygen atoms in total. The minimum absolute atomic E-state index is 0.118. The molecule has 0 amide bonds. The third kappa shape index (κ3) is 3.68. The van der Waals surface area contributed by atoms with Gasteiger partial charge in [-0.2, -0.15) is 0 Å². The Morgan fingerprint density at radius 2 is 2.33 bits per heavy atom. The molecule has 1 aliphatic rings. The summed E-state index contributed by atoms with van der Waals surface area (Å²) < 4.78 is 16.8. The molecule has 0 aromatic heterocycles. The van der Waals surface area contributed by atoms with Crippen molar-refractivity contribution in [3.8, 4) is 0 Å². The van der Waals surface area contributed by atoms with Gasteiger partial charge in [-0.05, 0) is 12.8 Å². The molecule has 0 radical (unpaired) electrons. The number of nitrogens with zero attached hydrogens (tertiary/aromatic N) is 1. The molecule has 1 atom stereocenters. The summed E-state index contributed by atoms with van der Waals surface area (Å²) >= 11 is 2.15. The molecule has 1 aliphatic heterocycles. The number of halogens is 1. The minimum atomic E-state index is -4.27. The summed E-state index contributed by atoms with van der Waals surface area (Å²) in [6.45, 7) is 1.09. The molecule has 72 valence electrons. The van der Waals surface area contributed by atoms with E-state index in [9.17, 15) is 4.57 Å². The Kier molecular flexibility index (Phi) is 3.94. The molecule has 12 heavy (non-hydrogen) atoms. The average Bonchev–Trinajstić information content (AvgIpc) is 2.29. The fourth-order valence-electron chi connectivity index (χ4n) is 1.15. The van der Waals surface area contributed by atoms with E-state index in [1.807, 2.05) is 3.11 Å². The van der Waals surface area contributed by atoms with Gasteiger partial charge in [-0.3, -0.25) is 4.52 Å². The molecule has 0 saturated carbocycles. The Bertz CT molecular complexity index is 196. The van der Waals surface area contributed by atoms with Crippen molar-refractivity contribution in [3.63, 3.8) is 0 Å². The normalized spacial score (nSPS) is 26.4. The van der Waals surface area contributed by atoms with E-state index in [1.54, 1.807) is 0 Å². The van der Waals surface area contributed by atoms with Crippen LogP contribution in [0.2, 0.25) is 0 Å². The van der Waals surface area contributed by atoms with Crippen molar-refractivity contribution in [2.75, 3.05) is 13.2 Å². The average molecular weight is 307 g/mol. The molecule has 0 unspecified atom stereocenters. The summed E-state index contributed by atoms with van der Waals surface area (Å²) in [5.74, 6) is 0. The van der Waals surface area contributed by atoms with Crippen molar-refractivity contribution in [2.24, 2.45) is 0 Å². The van der Waals surface area contributed by atoms with E-state index < -0.39 is 7.82 Å². The van der Waals surface area contributed by atoms with Gasteiger partial charge in [0.15, 0.2) is 0 Å². The van der Waals surface area contributed by atoms with Gasteiger partial charge in [-0.15, -0.1) is 0 Å². The first-order valence-electron chi connectivity index (χ1n) is 3.61.